The lowest BCUT2D eigenvalue weighted by atomic mass is 10.1. The molecule has 0 atom stereocenters. The Kier molecular flexibility index (Phi) is 2.89. The lowest BCUT2D eigenvalue weighted by Gasteiger charge is -2.15. The molecule has 0 aliphatic carbocycles. The molecule has 100 valence electrons. The fourth-order valence-electron chi connectivity index (χ4n) is 2.27. The third-order valence-corrected chi connectivity index (χ3v) is 5.12. The van der Waals surface area contributed by atoms with Crippen LogP contribution in [0.4, 0.5) is 0 Å². The van der Waals surface area contributed by atoms with E-state index in [1.807, 2.05) is 24.3 Å². The van der Waals surface area contributed by atoms with Gasteiger partial charge in [-0.25, -0.2) is 8.42 Å². The van der Waals surface area contributed by atoms with Gasteiger partial charge in [-0.2, -0.15) is 9.40 Å². The maximum Gasteiger partial charge on any atom is 0.260 e. The van der Waals surface area contributed by atoms with Crippen molar-refractivity contribution in [2.24, 2.45) is 5.73 Å². The number of fused-ring (bicyclic) bond motifs is 1. The van der Waals surface area contributed by atoms with Crippen molar-refractivity contribution in [3.05, 3.63) is 47.2 Å². The molecule has 0 fully saturated rings. The van der Waals surface area contributed by atoms with Gasteiger partial charge in [0.15, 0.2) is 5.03 Å². The van der Waals surface area contributed by atoms with Crippen LogP contribution in [0.5, 0.6) is 0 Å². The first-order chi connectivity index (χ1) is 9.13. The smallest absolute Gasteiger partial charge is 0.260 e. The molecule has 1 aliphatic heterocycles. The van der Waals surface area contributed by atoms with E-state index < -0.39 is 10.0 Å². The van der Waals surface area contributed by atoms with E-state index in [2.05, 4.69) is 10.2 Å². The van der Waals surface area contributed by atoms with Gasteiger partial charge in [0.25, 0.3) is 10.0 Å². The van der Waals surface area contributed by atoms with Gasteiger partial charge in [-0.1, -0.05) is 24.3 Å². The summed E-state index contributed by atoms with van der Waals surface area (Å²) in [5.74, 6) is 0. The average Bonchev–Trinajstić information content (AvgIpc) is 3.05. The van der Waals surface area contributed by atoms with Crippen molar-refractivity contribution in [1.82, 2.24) is 14.5 Å². The summed E-state index contributed by atoms with van der Waals surface area (Å²) in [6, 6.07) is 7.72. The van der Waals surface area contributed by atoms with Crippen LogP contribution < -0.4 is 5.73 Å². The van der Waals surface area contributed by atoms with Gasteiger partial charge in [0.2, 0.25) is 0 Å². The first-order valence-electron chi connectivity index (χ1n) is 5.92. The Morgan fingerprint density at radius 1 is 1.26 bits per heavy atom. The highest BCUT2D eigenvalue weighted by atomic mass is 32.2. The number of aromatic amines is 1. The molecule has 0 bridgehead atoms. The highest BCUT2D eigenvalue weighted by molar-refractivity contribution is 7.89. The van der Waals surface area contributed by atoms with Crippen LogP contribution in [0.3, 0.4) is 0 Å². The summed E-state index contributed by atoms with van der Waals surface area (Å²) in [5.41, 5.74) is 8.12. The second kappa shape index (κ2) is 4.44. The lowest BCUT2D eigenvalue weighted by molar-refractivity contribution is 0.428. The molecule has 0 amide bonds. The zero-order valence-electron chi connectivity index (χ0n) is 10.2. The molecule has 6 nitrogen and oxygen atoms in total. The van der Waals surface area contributed by atoms with E-state index in [9.17, 15) is 8.42 Å². The molecule has 1 aromatic carbocycles. The molecular weight excluding hydrogens is 264 g/mol. The Morgan fingerprint density at radius 2 is 1.89 bits per heavy atom. The van der Waals surface area contributed by atoms with Crippen LogP contribution in [0.1, 0.15) is 16.7 Å². The summed E-state index contributed by atoms with van der Waals surface area (Å²) in [6.45, 7) is 0.926. The molecule has 2 aromatic rings. The fourth-order valence-corrected chi connectivity index (χ4v) is 3.78. The topological polar surface area (TPSA) is 92.1 Å². The third-order valence-electron chi connectivity index (χ3n) is 3.31. The van der Waals surface area contributed by atoms with E-state index in [0.717, 1.165) is 11.1 Å². The Hall–Kier alpha value is -1.70. The number of aromatic nitrogens is 2. The van der Waals surface area contributed by atoms with E-state index in [-0.39, 0.29) is 11.6 Å². The first-order valence-corrected chi connectivity index (χ1v) is 7.36. The Labute approximate surface area is 111 Å². The molecule has 1 aromatic heterocycles. The zero-order chi connectivity index (χ0) is 13.5. The van der Waals surface area contributed by atoms with Crippen molar-refractivity contribution < 1.29 is 8.42 Å². The SMILES string of the molecule is NCc1cn[nH]c1S(=O)(=O)N1Cc2ccccc2C1. The number of nitrogens with one attached hydrogen (secondary N) is 1. The van der Waals surface area contributed by atoms with Gasteiger partial charge in [-0.3, -0.25) is 5.10 Å². The number of nitrogens with zero attached hydrogens (tertiary/aromatic N) is 2. The number of sulfonamides is 1. The normalized spacial score (nSPS) is 15.6. The number of hydrogen-bond donors (Lipinski definition) is 2. The van der Waals surface area contributed by atoms with Gasteiger partial charge in [-0.05, 0) is 11.1 Å². The first kappa shape index (κ1) is 12.3. The number of nitrogens with two attached hydrogens (primary N) is 1. The van der Waals surface area contributed by atoms with Gasteiger partial charge < -0.3 is 5.73 Å². The third kappa shape index (κ3) is 1.95. The fraction of sp³-hybridized carbons (Fsp3) is 0.250. The molecule has 1 aliphatic rings. The van der Waals surface area contributed by atoms with Crippen LogP contribution in [-0.2, 0) is 29.7 Å². The molecule has 0 saturated heterocycles. The van der Waals surface area contributed by atoms with Crippen LogP contribution >= 0.6 is 0 Å². The minimum Gasteiger partial charge on any atom is -0.326 e. The van der Waals surface area contributed by atoms with Gasteiger partial charge in [0.05, 0.1) is 6.20 Å². The van der Waals surface area contributed by atoms with Crippen molar-refractivity contribution in [1.29, 1.82) is 0 Å². The van der Waals surface area contributed by atoms with Crippen molar-refractivity contribution in [2.75, 3.05) is 0 Å². The minimum atomic E-state index is -3.57. The Morgan fingerprint density at radius 3 is 2.47 bits per heavy atom. The number of hydrogen-bond acceptors (Lipinski definition) is 4. The van der Waals surface area contributed by atoms with Crippen molar-refractivity contribution in [3.63, 3.8) is 0 Å². The molecule has 0 spiro atoms. The maximum atomic E-state index is 12.5. The number of benzene rings is 1. The van der Waals surface area contributed by atoms with E-state index in [1.165, 1.54) is 10.5 Å². The van der Waals surface area contributed by atoms with Gasteiger partial charge >= 0.3 is 0 Å². The predicted octanol–water partition coefficient (Wildman–Crippen LogP) is 0.573. The molecular formula is C12H14N4O2S. The second-order valence-electron chi connectivity index (χ2n) is 4.47. The quantitative estimate of drug-likeness (QED) is 0.858. The summed E-state index contributed by atoms with van der Waals surface area (Å²) < 4.78 is 26.5. The molecule has 2 heterocycles. The van der Waals surface area contributed by atoms with Crippen LogP contribution in [0, 0.1) is 0 Å². The Bertz CT molecular complexity index is 683. The standard InChI is InChI=1S/C12H14N4O2S/c13-5-11-6-14-15-12(11)19(17,18)16-7-9-3-1-2-4-10(9)8-16/h1-4,6H,5,7-8,13H2,(H,14,15). The van der Waals surface area contributed by atoms with E-state index >= 15 is 0 Å². The summed E-state index contributed by atoms with van der Waals surface area (Å²) in [6.07, 6.45) is 1.45. The molecule has 3 rings (SSSR count). The van der Waals surface area contributed by atoms with Gasteiger partial charge in [-0.15, -0.1) is 0 Å². The van der Waals surface area contributed by atoms with Crippen molar-refractivity contribution >= 4 is 10.0 Å². The van der Waals surface area contributed by atoms with E-state index in [0.29, 0.717) is 18.7 Å². The highest BCUT2D eigenvalue weighted by Crippen LogP contribution is 2.28. The predicted molar refractivity (Wildman–Crippen MR) is 69.4 cm³/mol. The van der Waals surface area contributed by atoms with Crippen LogP contribution in [0.15, 0.2) is 35.5 Å². The highest BCUT2D eigenvalue weighted by Gasteiger charge is 2.32. The van der Waals surface area contributed by atoms with Crippen LogP contribution in [0.25, 0.3) is 0 Å². The molecule has 3 N–H and O–H groups in total. The summed E-state index contributed by atoms with van der Waals surface area (Å²) in [5, 5.41) is 6.41. The van der Waals surface area contributed by atoms with Gasteiger partial charge in [0, 0.05) is 25.2 Å². The zero-order valence-corrected chi connectivity index (χ0v) is 11.0. The lowest BCUT2D eigenvalue weighted by Crippen LogP contribution is -2.27. The molecule has 0 radical (unpaired) electrons. The average molecular weight is 278 g/mol. The maximum absolute atomic E-state index is 12.5. The van der Waals surface area contributed by atoms with Crippen molar-refractivity contribution in [3.8, 4) is 0 Å². The molecule has 7 heteroatoms. The Balaban J connectivity index is 1.96. The molecule has 0 unspecified atom stereocenters. The summed E-state index contributed by atoms with van der Waals surface area (Å²) in [4.78, 5) is 0. The molecule has 19 heavy (non-hydrogen) atoms. The number of H-pyrrole nitrogens is 1. The van der Waals surface area contributed by atoms with Crippen LogP contribution in [0.2, 0.25) is 0 Å². The molecule has 0 saturated carbocycles. The summed E-state index contributed by atoms with van der Waals surface area (Å²) >= 11 is 0. The van der Waals surface area contributed by atoms with E-state index in [1.54, 1.807) is 0 Å². The van der Waals surface area contributed by atoms with Crippen LogP contribution in [-0.4, -0.2) is 22.9 Å². The minimum absolute atomic E-state index is 0.0998. The monoisotopic (exact) mass is 278 g/mol. The second-order valence-corrected chi connectivity index (χ2v) is 6.35. The van der Waals surface area contributed by atoms with Crippen molar-refractivity contribution in [2.45, 2.75) is 24.7 Å². The number of rotatable bonds is 3. The van der Waals surface area contributed by atoms with E-state index in [4.69, 9.17) is 5.73 Å². The van der Waals surface area contributed by atoms with Gasteiger partial charge in [0.1, 0.15) is 0 Å². The summed E-state index contributed by atoms with van der Waals surface area (Å²) in [7, 11) is -3.57. The largest absolute Gasteiger partial charge is 0.326 e.